The van der Waals surface area contributed by atoms with Crippen molar-refractivity contribution >= 4 is 27.5 Å². The molecule has 2 saturated heterocycles. The van der Waals surface area contributed by atoms with Gasteiger partial charge in [0, 0.05) is 44.8 Å². The molecule has 0 aliphatic carbocycles. The zero-order chi connectivity index (χ0) is 23.0. The molecular formula is C22H23F2N3O4S. The smallest absolute Gasteiger partial charge is 0.246 e. The molecule has 170 valence electrons. The molecular weight excluding hydrogens is 440 g/mol. The van der Waals surface area contributed by atoms with Gasteiger partial charge in [0.2, 0.25) is 21.8 Å². The third-order valence-corrected chi connectivity index (χ3v) is 7.79. The van der Waals surface area contributed by atoms with Gasteiger partial charge in [0.05, 0.1) is 5.92 Å². The van der Waals surface area contributed by atoms with Gasteiger partial charge in [-0.05, 0) is 37.3 Å². The molecule has 0 N–H and O–H groups in total. The Kier molecular flexibility index (Phi) is 6.00. The summed E-state index contributed by atoms with van der Waals surface area (Å²) < 4.78 is 53.9. The molecule has 2 aliphatic heterocycles. The van der Waals surface area contributed by atoms with Crippen LogP contribution in [0.15, 0.2) is 47.4 Å². The molecule has 2 heterocycles. The predicted molar refractivity (Wildman–Crippen MR) is 113 cm³/mol. The van der Waals surface area contributed by atoms with Crippen LogP contribution in [0.1, 0.15) is 12.0 Å². The Morgan fingerprint density at radius 1 is 1.00 bits per heavy atom. The molecule has 10 heteroatoms. The predicted octanol–water partition coefficient (Wildman–Crippen LogP) is 2.16. The average Bonchev–Trinajstić information content (AvgIpc) is 3.17. The summed E-state index contributed by atoms with van der Waals surface area (Å²) in [5.74, 6) is -2.71. The van der Waals surface area contributed by atoms with E-state index in [1.165, 1.54) is 4.90 Å². The third kappa shape index (κ3) is 4.24. The van der Waals surface area contributed by atoms with E-state index in [-0.39, 0.29) is 51.0 Å². The summed E-state index contributed by atoms with van der Waals surface area (Å²) in [6, 6.07) is 9.78. The lowest BCUT2D eigenvalue weighted by atomic mass is 10.1. The molecule has 0 saturated carbocycles. The Hall–Kier alpha value is -2.85. The lowest BCUT2D eigenvalue weighted by molar-refractivity contribution is -0.136. The maximum absolute atomic E-state index is 14.0. The Balaban J connectivity index is 1.40. The fraction of sp³-hybridized carbons (Fsp3) is 0.364. The van der Waals surface area contributed by atoms with Crippen LogP contribution in [-0.4, -0.2) is 62.2 Å². The standard InChI is InChI=1S/C22H23F2N3O4S/c1-15-2-5-18(6-3-15)27-14-16(12-21(27)28)22(29)25-8-10-26(11-9-25)32(30,31)20-13-17(23)4-7-19(20)24/h2-7,13,16H,8-12,14H2,1H3. The SMILES string of the molecule is Cc1ccc(N2CC(C(=O)N3CCN(S(=O)(=O)c4cc(F)ccc4F)CC3)CC2=O)cc1. The van der Waals surface area contributed by atoms with Crippen LogP contribution in [-0.2, 0) is 19.6 Å². The fourth-order valence-corrected chi connectivity index (χ4v) is 5.57. The number of piperazine rings is 1. The van der Waals surface area contributed by atoms with Crippen molar-refractivity contribution in [3.63, 3.8) is 0 Å². The summed E-state index contributed by atoms with van der Waals surface area (Å²) >= 11 is 0. The van der Waals surface area contributed by atoms with Gasteiger partial charge in [0.25, 0.3) is 0 Å². The number of carbonyl (C=O) groups excluding carboxylic acids is 2. The summed E-state index contributed by atoms with van der Waals surface area (Å²) in [7, 11) is -4.22. The second kappa shape index (κ2) is 8.59. The Morgan fingerprint density at radius 3 is 2.31 bits per heavy atom. The van der Waals surface area contributed by atoms with Gasteiger partial charge in [-0.1, -0.05) is 17.7 Å². The number of rotatable bonds is 4. The second-order valence-corrected chi connectivity index (χ2v) is 9.95. The zero-order valence-electron chi connectivity index (χ0n) is 17.5. The molecule has 0 aromatic heterocycles. The normalized spacial score (nSPS) is 20.1. The number of anilines is 1. The molecule has 2 amide bonds. The van der Waals surface area contributed by atoms with Gasteiger partial charge >= 0.3 is 0 Å². The highest BCUT2D eigenvalue weighted by atomic mass is 32.2. The first-order valence-electron chi connectivity index (χ1n) is 10.3. The largest absolute Gasteiger partial charge is 0.340 e. The van der Waals surface area contributed by atoms with Crippen molar-refractivity contribution in [2.75, 3.05) is 37.6 Å². The second-order valence-electron chi connectivity index (χ2n) is 8.05. The van der Waals surface area contributed by atoms with Crippen LogP contribution >= 0.6 is 0 Å². The van der Waals surface area contributed by atoms with E-state index in [9.17, 15) is 26.8 Å². The molecule has 32 heavy (non-hydrogen) atoms. The minimum Gasteiger partial charge on any atom is -0.340 e. The maximum Gasteiger partial charge on any atom is 0.246 e. The first-order valence-corrected chi connectivity index (χ1v) is 11.7. The van der Waals surface area contributed by atoms with Gasteiger partial charge in [-0.15, -0.1) is 0 Å². The van der Waals surface area contributed by atoms with Crippen molar-refractivity contribution in [3.05, 3.63) is 59.7 Å². The van der Waals surface area contributed by atoms with E-state index in [0.29, 0.717) is 6.07 Å². The van der Waals surface area contributed by atoms with Crippen LogP contribution in [0.4, 0.5) is 14.5 Å². The van der Waals surface area contributed by atoms with Gasteiger partial charge in [-0.3, -0.25) is 9.59 Å². The van der Waals surface area contributed by atoms with E-state index in [0.717, 1.165) is 27.7 Å². The van der Waals surface area contributed by atoms with E-state index in [1.54, 1.807) is 4.90 Å². The lowest BCUT2D eigenvalue weighted by Crippen LogP contribution is -2.52. The van der Waals surface area contributed by atoms with E-state index in [2.05, 4.69) is 0 Å². The van der Waals surface area contributed by atoms with E-state index in [1.807, 2.05) is 31.2 Å². The van der Waals surface area contributed by atoms with Crippen LogP contribution in [0, 0.1) is 24.5 Å². The van der Waals surface area contributed by atoms with Crippen molar-refractivity contribution in [2.45, 2.75) is 18.2 Å². The lowest BCUT2D eigenvalue weighted by Gasteiger charge is -2.35. The van der Waals surface area contributed by atoms with Crippen molar-refractivity contribution in [1.29, 1.82) is 0 Å². The molecule has 7 nitrogen and oxygen atoms in total. The number of halogens is 2. The van der Waals surface area contributed by atoms with Crippen molar-refractivity contribution < 1.29 is 26.8 Å². The Labute approximate surface area is 185 Å². The minimum absolute atomic E-state index is 0.0353. The van der Waals surface area contributed by atoms with E-state index in [4.69, 9.17) is 0 Å². The van der Waals surface area contributed by atoms with Crippen LogP contribution in [0.25, 0.3) is 0 Å². The highest BCUT2D eigenvalue weighted by molar-refractivity contribution is 7.89. The van der Waals surface area contributed by atoms with E-state index < -0.39 is 32.5 Å². The quantitative estimate of drug-likeness (QED) is 0.696. The van der Waals surface area contributed by atoms with Gasteiger partial charge < -0.3 is 9.80 Å². The van der Waals surface area contributed by atoms with Crippen LogP contribution < -0.4 is 4.90 Å². The molecule has 2 fully saturated rings. The number of nitrogens with zero attached hydrogens (tertiary/aromatic N) is 3. The van der Waals surface area contributed by atoms with Crippen molar-refractivity contribution in [1.82, 2.24) is 9.21 Å². The Bertz CT molecular complexity index is 1150. The first-order chi connectivity index (χ1) is 15.2. The van der Waals surface area contributed by atoms with Gasteiger partial charge in [0.15, 0.2) is 0 Å². The van der Waals surface area contributed by atoms with Crippen molar-refractivity contribution in [3.8, 4) is 0 Å². The summed E-state index contributed by atoms with van der Waals surface area (Å²) in [5, 5.41) is 0. The molecule has 1 atom stereocenters. The minimum atomic E-state index is -4.22. The van der Waals surface area contributed by atoms with Crippen molar-refractivity contribution in [2.24, 2.45) is 5.92 Å². The topological polar surface area (TPSA) is 78.0 Å². The third-order valence-electron chi connectivity index (χ3n) is 5.88. The highest BCUT2D eigenvalue weighted by Gasteiger charge is 2.39. The Morgan fingerprint density at radius 2 is 1.66 bits per heavy atom. The van der Waals surface area contributed by atoms with Gasteiger partial charge in [-0.2, -0.15) is 4.31 Å². The van der Waals surface area contributed by atoms with E-state index >= 15 is 0 Å². The summed E-state index contributed by atoms with van der Waals surface area (Å²) in [6.07, 6.45) is 0.0970. The number of hydrogen-bond donors (Lipinski definition) is 0. The van der Waals surface area contributed by atoms with Crippen LogP contribution in [0.5, 0.6) is 0 Å². The fourth-order valence-electron chi connectivity index (χ4n) is 4.07. The number of hydrogen-bond acceptors (Lipinski definition) is 4. The summed E-state index contributed by atoms with van der Waals surface area (Å²) in [4.78, 5) is 27.8. The number of benzene rings is 2. The van der Waals surface area contributed by atoms with Gasteiger partial charge in [0.1, 0.15) is 16.5 Å². The monoisotopic (exact) mass is 463 g/mol. The zero-order valence-corrected chi connectivity index (χ0v) is 18.3. The van der Waals surface area contributed by atoms with Gasteiger partial charge in [-0.25, -0.2) is 17.2 Å². The van der Waals surface area contributed by atoms with Crippen LogP contribution in [0.2, 0.25) is 0 Å². The number of sulfonamides is 1. The molecule has 2 aliphatic rings. The molecule has 0 spiro atoms. The first kappa shape index (κ1) is 22.3. The average molecular weight is 464 g/mol. The summed E-state index contributed by atoms with van der Waals surface area (Å²) in [6.45, 7) is 2.38. The number of amides is 2. The molecule has 1 unspecified atom stereocenters. The molecule has 0 bridgehead atoms. The molecule has 2 aromatic carbocycles. The molecule has 2 aromatic rings. The van der Waals surface area contributed by atoms with Crippen LogP contribution in [0.3, 0.4) is 0 Å². The molecule has 0 radical (unpaired) electrons. The maximum atomic E-state index is 14.0. The number of aryl methyl sites for hydroxylation is 1. The summed E-state index contributed by atoms with van der Waals surface area (Å²) in [5.41, 5.74) is 1.81. The number of carbonyl (C=O) groups is 2. The highest BCUT2D eigenvalue weighted by Crippen LogP contribution is 2.28. The molecule has 4 rings (SSSR count).